The second kappa shape index (κ2) is 8.42. The molecule has 0 radical (unpaired) electrons. The molecule has 2 aromatic rings. The number of nitrogens with zero attached hydrogens (tertiary/aromatic N) is 1. The van der Waals surface area contributed by atoms with Crippen molar-refractivity contribution in [3.8, 4) is 6.07 Å². The van der Waals surface area contributed by atoms with Gasteiger partial charge in [0.2, 0.25) is 0 Å². The summed E-state index contributed by atoms with van der Waals surface area (Å²) in [5, 5.41) is 9.09. The van der Waals surface area contributed by atoms with Crippen molar-refractivity contribution in [2.75, 3.05) is 6.61 Å². The van der Waals surface area contributed by atoms with Gasteiger partial charge in [-0.05, 0) is 11.5 Å². The van der Waals surface area contributed by atoms with E-state index >= 15 is 0 Å². The predicted molar refractivity (Wildman–Crippen MR) is 94.5 cm³/mol. The average Bonchev–Trinajstić information content (AvgIpc) is 2.63. The Morgan fingerprint density at radius 2 is 1.67 bits per heavy atom. The summed E-state index contributed by atoms with van der Waals surface area (Å²) in [7, 11) is 0. The molecule has 0 fully saturated rings. The highest BCUT2D eigenvalue weighted by Gasteiger charge is 2.41. The van der Waals surface area contributed by atoms with Crippen LogP contribution in [0.4, 0.5) is 0 Å². The molecule has 0 bridgehead atoms. The third-order valence-electron chi connectivity index (χ3n) is 3.89. The van der Waals surface area contributed by atoms with Gasteiger partial charge < -0.3 is 4.74 Å². The first-order valence-corrected chi connectivity index (χ1v) is 8.26. The number of benzene rings is 2. The molecule has 1 atom stereocenters. The van der Waals surface area contributed by atoms with Crippen molar-refractivity contribution in [2.45, 2.75) is 32.3 Å². The van der Waals surface area contributed by atoms with Crippen molar-refractivity contribution < 1.29 is 9.53 Å². The zero-order valence-electron chi connectivity index (χ0n) is 14.2. The molecule has 2 rings (SSSR count). The van der Waals surface area contributed by atoms with E-state index < -0.39 is 5.60 Å². The molecular weight excluding hydrogens is 298 g/mol. The van der Waals surface area contributed by atoms with Crippen LogP contribution in [0, 0.1) is 17.2 Å². The van der Waals surface area contributed by atoms with Gasteiger partial charge in [0.05, 0.1) is 12.7 Å². The fraction of sp³-hybridized carbons (Fsp3) is 0.333. The highest BCUT2D eigenvalue weighted by Crippen LogP contribution is 2.35. The summed E-state index contributed by atoms with van der Waals surface area (Å²) in [6.07, 6.45) is 0.597. The maximum absolute atomic E-state index is 13.4. The highest BCUT2D eigenvalue weighted by atomic mass is 16.5. The van der Waals surface area contributed by atoms with E-state index in [1.54, 1.807) is 12.1 Å². The lowest BCUT2D eigenvalue weighted by atomic mass is 9.82. The summed E-state index contributed by atoms with van der Waals surface area (Å²) < 4.78 is 6.19. The SMILES string of the molecule is CC(C)COC(CCC#N)(C(=O)c1ccccc1)c1ccccc1. The van der Waals surface area contributed by atoms with Gasteiger partial charge >= 0.3 is 0 Å². The lowest BCUT2D eigenvalue weighted by Crippen LogP contribution is -2.40. The first-order chi connectivity index (χ1) is 11.6. The molecule has 0 aliphatic rings. The zero-order valence-corrected chi connectivity index (χ0v) is 14.2. The van der Waals surface area contributed by atoms with Crippen LogP contribution in [0.5, 0.6) is 0 Å². The summed E-state index contributed by atoms with van der Waals surface area (Å²) in [6, 6.07) is 20.8. The number of carbonyl (C=O) groups is 1. The summed E-state index contributed by atoms with van der Waals surface area (Å²) in [6.45, 7) is 4.55. The maximum Gasteiger partial charge on any atom is 0.199 e. The van der Waals surface area contributed by atoms with Crippen LogP contribution >= 0.6 is 0 Å². The van der Waals surface area contributed by atoms with Crippen LogP contribution in [0.15, 0.2) is 60.7 Å². The Morgan fingerprint density at radius 1 is 1.08 bits per heavy atom. The number of hydrogen-bond donors (Lipinski definition) is 0. The molecule has 0 N–H and O–H groups in total. The predicted octanol–water partition coefficient (Wildman–Crippen LogP) is 4.74. The van der Waals surface area contributed by atoms with E-state index in [4.69, 9.17) is 10.00 Å². The maximum atomic E-state index is 13.4. The molecule has 0 amide bonds. The third-order valence-corrected chi connectivity index (χ3v) is 3.89. The molecule has 3 heteroatoms. The van der Waals surface area contributed by atoms with E-state index in [0.29, 0.717) is 24.5 Å². The topological polar surface area (TPSA) is 50.1 Å². The highest BCUT2D eigenvalue weighted by molar-refractivity contribution is 6.03. The summed E-state index contributed by atoms with van der Waals surface area (Å²) in [5.41, 5.74) is 0.278. The normalized spacial score (nSPS) is 13.2. The van der Waals surface area contributed by atoms with Crippen molar-refractivity contribution >= 4 is 5.78 Å². The van der Waals surface area contributed by atoms with E-state index in [0.717, 1.165) is 5.56 Å². The zero-order chi connectivity index (χ0) is 17.4. The van der Waals surface area contributed by atoms with Gasteiger partial charge in [0, 0.05) is 18.4 Å². The van der Waals surface area contributed by atoms with Crippen molar-refractivity contribution in [1.82, 2.24) is 0 Å². The van der Waals surface area contributed by atoms with Crippen molar-refractivity contribution in [1.29, 1.82) is 5.26 Å². The molecule has 0 aliphatic heterocycles. The fourth-order valence-corrected chi connectivity index (χ4v) is 2.68. The number of nitriles is 1. The number of carbonyl (C=O) groups excluding carboxylic acids is 1. The molecule has 0 aromatic heterocycles. The largest absolute Gasteiger partial charge is 0.362 e. The Balaban J connectivity index is 2.51. The first-order valence-electron chi connectivity index (χ1n) is 8.26. The lowest BCUT2D eigenvalue weighted by Gasteiger charge is -2.33. The Kier molecular flexibility index (Phi) is 6.28. The van der Waals surface area contributed by atoms with Crippen LogP contribution in [0.25, 0.3) is 0 Å². The Labute approximate surface area is 143 Å². The van der Waals surface area contributed by atoms with Gasteiger partial charge in [-0.15, -0.1) is 0 Å². The standard InChI is InChI=1S/C21H23NO2/c1-17(2)16-24-21(14-9-15-22,19-12-7-4-8-13-19)20(23)18-10-5-3-6-11-18/h3-8,10-13,17H,9,14,16H2,1-2H3. The lowest BCUT2D eigenvalue weighted by molar-refractivity contribution is -0.0441. The molecule has 1 unspecified atom stereocenters. The quantitative estimate of drug-likeness (QED) is 0.660. The number of hydrogen-bond acceptors (Lipinski definition) is 3. The van der Waals surface area contributed by atoms with Crippen LogP contribution < -0.4 is 0 Å². The Hall–Kier alpha value is -2.44. The van der Waals surface area contributed by atoms with Gasteiger partial charge in [0.15, 0.2) is 11.4 Å². The fourth-order valence-electron chi connectivity index (χ4n) is 2.68. The Bertz CT molecular complexity index is 689. The second-order valence-electron chi connectivity index (χ2n) is 6.25. The Morgan fingerprint density at radius 3 is 2.21 bits per heavy atom. The van der Waals surface area contributed by atoms with Gasteiger partial charge in [-0.1, -0.05) is 74.5 Å². The second-order valence-corrected chi connectivity index (χ2v) is 6.25. The minimum absolute atomic E-state index is 0.0924. The number of rotatable bonds is 8. The smallest absolute Gasteiger partial charge is 0.199 e. The van der Waals surface area contributed by atoms with Crippen LogP contribution in [0.3, 0.4) is 0 Å². The summed E-state index contributed by atoms with van der Waals surface area (Å²) >= 11 is 0. The van der Waals surface area contributed by atoms with Gasteiger partial charge in [0.25, 0.3) is 0 Å². The van der Waals surface area contributed by atoms with Crippen LogP contribution in [-0.4, -0.2) is 12.4 Å². The van der Waals surface area contributed by atoms with Crippen molar-refractivity contribution in [3.63, 3.8) is 0 Å². The molecule has 0 saturated carbocycles. The van der Waals surface area contributed by atoms with Gasteiger partial charge in [-0.2, -0.15) is 5.26 Å². The molecule has 0 saturated heterocycles. The minimum Gasteiger partial charge on any atom is -0.362 e. The average molecular weight is 321 g/mol. The van der Waals surface area contributed by atoms with Crippen LogP contribution in [0.2, 0.25) is 0 Å². The summed E-state index contributed by atoms with van der Waals surface area (Å²) in [5.74, 6) is 0.198. The number of ether oxygens (including phenoxy) is 1. The van der Waals surface area contributed by atoms with E-state index in [9.17, 15) is 4.79 Å². The number of ketones is 1. The number of Topliss-reactive ketones (excluding diaryl/α,β-unsaturated/α-hetero) is 1. The van der Waals surface area contributed by atoms with Crippen LogP contribution in [-0.2, 0) is 10.3 Å². The molecular formula is C21H23NO2. The molecule has 3 nitrogen and oxygen atoms in total. The molecule has 0 spiro atoms. The van der Waals surface area contributed by atoms with Crippen molar-refractivity contribution in [3.05, 3.63) is 71.8 Å². The molecule has 0 aliphatic carbocycles. The molecule has 24 heavy (non-hydrogen) atoms. The van der Waals surface area contributed by atoms with Gasteiger partial charge in [0.1, 0.15) is 0 Å². The molecule has 124 valence electrons. The van der Waals surface area contributed by atoms with Crippen molar-refractivity contribution in [2.24, 2.45) is 5.92 Å². The first kappa shape index (κ1) is 17.9. The van der Waals surface area contributed by atoms with E-state index in [2.05, 4.69) is 6.07 Å². The van der Waals surface area contributed by atoms with Gasteiger partial charge in [-0.25, -0.2) is 0 Å². The van der Waals surface area contributed by atoms with E-state index in [1.807, 2.05) is 62.4 Å². The molecule has 2 aromatic carbocycles. The monoisotopic (exact) mass is 321 g/mol. The molecule has 0 heterocycles. The van der Waals surface area contributed by atoms with E-state index in [1.165, 1.54) is 0 Å². The van der Waals surface area contributed by atoms with Gasteiger partial charge in [-0.3, -0.25) is 4.79 Å². The third kappa shape index (κ3) is 4.10. The summed E-state index contributed by atoms with van der Waals surface area (Å²) in [4.78, 5) is 13.4. The van der Waals surface area contributed by atoms with Crippen LogP contribution in [0.1, 0.15) is 42.6 Å². The van der Waals surface area contributed by atoms with E-state index in [-0.39, 0.29) is 12.2 Å². The minimum atomic E-state index is -1.12.